The van der Waals surface area contributed by atoms with Crippen molar-refractivity contribution in [2.75, 3.05) is 5.75 Å². The van der Waals surface area contributed by atoms with E-state index in [0.717, 1.165) is 11.8 Å². The molecule has 0 radical (unpaired) electrons. The molecule has 1 atom stereocenters. The van der Waals surface area contributed by atoms with Crippen LogP contribution in [0.15, 0.2) is 35.3 Å². The van der Waals surface area contributed by atoms with Gasteiger partial charge < -0.3 is 4.74 Å². The molecule has 0 fully saturated rings. The Labute approximate surface area is 111 Å². The molecule has 1 aliphatic rings. The second kappa shape index (κ2) is 5.52. The van der Waals surface area contributed by atoms with E-state index in [1.807, 2.05) is 0 Å². The van der Waals surface area contributed by atoms with Crippen molar-refractivity contribution in [3.8, 4) is 5.75 Å². The highest BCUT2D eigenvalue weighted by molar-refractivity contribution is 8.14. The monoisotopic (exact) mass is 290 g/mol. The number of nitrogens with one attached hydrogen (secondary N) is 1. The Hall–Kier alpha value is -1.70. The summed E-state index contributed by atoms with van der Waals surface area (Å²) >= 11 is 0.834. The van der Waals surface area contributed by atoms with Crippen molar-refractivity contribution in [3.63, 3.8) is 0 Å². The Morgan fingerprint density at radius 1 is 1.37 bits per heavy atom. The van der Waals surface area contributed by atoms with Crippen LogP contribution in [0.2, 0.25) is 0 Å². The first-order valence-corrected chi connectivity index (χ1v) is 6.25. The van der Waals surface area contributed by atoms with Gasteiger partial charge in [0.2, 0.25) is 0 Å². The third-order valence-corrected chi connectivity index (χ3v) is 3.15. The number of benzene rings is 1. The third-order valence-electron chi connectivity index (χ3n) is 2.19. The van der Waals surface area contributed by atoms with Crippen molar-refractivity contribution in [2.24, 2.45) is 4.99 Å². The molecule has 102 valence electrons. The summed E-state index contributed by atoms with van der Waals surface area (Å²) in [6.45, 7) is 0. The number of nitrogens with zero attached hydrogens (tertiary/aromatic N) is 1. The van der Waals surface area contributed by atoms with Crippen LogP contribution in [0.1, 0.15) is 0 Å². The van der Waals surface area contributed by atoms with Crippen molar-refractivity contribution in [2.45, 2.75) is 12.2 Å². The molecule has 19 heavy (non-hydrogen) atoms. The lowest BCUT2D eigenvalue weighted by atomic mass is 10.3. The highest BCUT2D eigenvalue weighted by atomic mass is 32.2. The van der Waals surface area contributed by atoms with Gasteiger partial charge in [-0.2, -0.15) is 13.2 Å². The van der Waals surface area contributed by atoms with Crippen LogP contribution in [0, 0.1) is 0 Å². The topological polar surface area (TPSA) is 50.7 Å². The Bertz CT molecular complexity index is 490. The molecule has 0 spiro atoms. The maximum absolute atomic E-state index is 12.4. The van der Waals surface area contributed by atoms with Gasteiger partial charge in [0.15, 0.2) is 11.2 Å². The molecule has 1 aliphatic heterocycles. The van der Waals surface area contributed by atoms with Crippen LogP contribution >= 0.6 is 11.8 Å². The van der Waals surface area contributed by atoms with Gasteiger partial charge in [-0.05, 0) is 12.1 Å². The van der Waals surface area contributed by atoms with Gasteiger partial charge in [-0.1, -0.05) is 30.0 Å². The number of rotatable bonds is 1. The van der Waals surface area contributed by atoms with Crippen LogP contribution in [-0.4, -0.2) is 29.2 Å². The molecule has 0 aromatic heterocycles. The summed E-state index contributed by atoms with van der Waals surface area (Å²) in [4.78, 5) is 14.8. The van der Waals surface area contributed by atoms with Crippen LogP contribution < -0.4 is 10.1 Å². The smallest absolute Gasteiger partial charge is 0.410 e. The minimum absolute atomic E-state index is 0.0803. The first-order valence-electron chi connectivity index (χ1n) is 5.26. The van der Waals surface area contributed by atoms with E-state index in [1.54, 1.807) is 30.3 Å². The first-order chi connectivity index (χ1) is 8.95. The Kier molecular flexibility index (Phi) is 3.98. The van der Waals surface area contributed by atoms with E-state index in [4.69, 9.17) is 4.74 Å². The van der Waals surface area contributed by atoms with Crippen molar-refractivity contribution in [1.29, 1.82) is 0 Å². The number of hydrogen-bond donors (Lipinski definition) is 1. The van der Waals surface area contributed by atoms with Crippen LogP contribution in [0.5, 0.6) is 5.75 Å². The predicted octanol–water partition coefficient (Wildman–Crippen LogP) is 2.81. The number of ether oxygens (including phenoxy) is 1. The molecule has 1 N–H and O–H groups in total. The maximum atomic E-state index is 12.4. The molecule has 4 nitrogen and oxygen atoms in total. The van der Waals surface area contributed by atoms with E-state index >= 15 is 0 Å². The molecule has 0 saturated heterocycles. The lowest BCUT2D eigenvalue weighted by molar-refractivity contribution is -0.141. The second-order valence-corrected chi connectivity index (χ2v) is 4.64. The van der Waals surface area contributed by atoms with E-state index in [2.05, 4.69) is 10.3 Å². The van der Waals surface area contributed by atoms with Crippen LogP contribution in [0.25, 0.3) is 0 Å². The summed E-state index contributed by atoms with van der Waals surface area (Å²) in [7, 11) is 0. The van der Waals surface area contributed by atoms with E-state index in [1.165, 1.54) is 0 Å². The summed E-state index contributed by atoms with van der Waals surface area (Å²) in [5.74, 6) is 0.0701. The average Bonchev–Trinajstić information content (AvgIpc) is 2.78. The Morgan fingerprint density at radius 2 is 2.05 bits per heavy atom. The highest BCUT2D eigenvalue weighted by Crippen LogP contribution is 2.30. The zero-order chi connectivity index (χ0) is 13.9. The lowest BCUT2D eigenvalue weighted by Crippen LogP contribution is -2.31. The van der Waals surface area contributed by atoms with Crippen molar-refractivity contribution in [1.82, 2.24) is 5.32 Å². The van der Waals surface area contributed by atoms with Gasteiger partial charge in [-0.3, -0.25) is 5.32 Å². The summed E-state index contributed by atoms with van der Waals surface area (Å²) < 4.78 is 41.9. The number of halogens is 3. The zero-order valence-electron chi connectivity index (χ0n) is 9.48. The Balaban J connectivity index is 1.90. The van der Waals surface area contributed by atoms with Crippen LogP contribution in [0.3, 0.4) is 0 Å². The van der Waals surface area contributed by atoms with E-state index in [0.29, 0.717) is 5.75 Å². The zero-order valence-corrected chi connectivity index (χ0v) is 10.3. The summed E-state index contributed by atoms with van der Waals surface area (Å²) in [5.41, 5.74) is 0. The molecule has 0 aliphatic carbocycles. The van der Waals surface area contributed by atoms with Gasteiger partial charge in [0, 0.05) is 5.75 Å². The minimum Gasteiger partial charge on any atom is -0.410 e. The van der Waals surface area contributed by atoms with Gasteiger partial charge >= 0.3 is 12.3 Å². The van der Waals surface area contributed by atoms with E-state index in [-0.39, 0.29) is 10.9 Å². The Morgan fingerprint density at radius 3 is 2.63 bits per heavy atom. The molecule has 8 heteroatoms. The normalized spacial score (nSPS) is 18.9. The van der Waals surface area contributed by atoms with Gasteiger partial charge in [0.05, 0.1) is 0 Å². The standard InChI is InChI=1S/C11H9F3N2O2S/c12-11(13,14)8-6-19-9(15-8)16-10(17)18-7-4-2-1-3-5-7/h1-5,8H,6H2,(H,15,16,17). The largest absolute Gasteiger partial charge is 0.418 e. The molecule has 1 unspecified atom stereocenters. The van der Waals surface area contributed by atoms with E-state index < -0.39 is 18.3 Å². The maximum Gasteiger partial charge on any atom is 0.418 e. The molecule has 0 bridgehead atoms. The number of hydrogen-bond acceptors (Lipinski definition) is 4. The van der Waals surface area contributed by atoms with Crippen molar-refractivity contribution >= 4 is 23.0 Å². The molecule has 2 rings (SSSR count). The van der Waals surface area contributed by atoms with Gasteiger partial charge in [-0.15, -0.1) is 0 Å². The van der Waals surface area contributed by atoms with Gasteiger partial charge in [0.1, 0.15) is 5.75 Å². The van der Waals surface area contributed by atoms with Crippen molar-refractivity contribution in [3.05, 3.63) is 30.3 Å². The average molecular weight is 290 g/mol. The third kappa shape index (κ3) is 3.88. The number of amides is 1. The number of carbonyl (C=O) groups excluding carboxylic acids is 1. The number of alkyl halides is 3. The fourth-order valence-corrected chi connectivity index (χ4v) is 2.25. The molecule has 0 saturated carbocycles. The minimum atomic E-state index is -4.39. The molecule has 1 aromatic rings. The quantitative estimate of drug-likeness (QED) is 0.865. The predicted molar refractivity (Wildman–Crippen MR) is 65.3 cm³/mol. The van der Waals surface area contributed by atoms with Crippen LogP contribution in [0.4, 0.5) is 18.0 Å². The highest BCUT2D eigenvalue weighted by Gasteiger charge is 2.42. The first kappa shape index (κ1) is 13.7. The van der Waals surface area contributed by atoms with Crippen LogP contribution in [-0.2, 0) is 0 Å². The number of amidine groups is 1. The van der Waals surface area contributed by atoms with Gasteiger partial charge in [-0.25, -0.2) is 9.79 Å². The number of thioether (sulfide) groups is 1. The summed E-state index contributed by atoms with van der Waals surface area (Å²) in [6.07, 6.45) is -5.25. The fourth-order valence-electron chi connectivity index (χ4n) is 1.32. The molecule has 1 aromatic carbocycles. The number of para-hydroxylation sites is 1. The summed E-state index contributed by atoms with van der Waals surface area (Å²) in [5, 5.41) is 2.10. The fraction of sp³-hybridized carbons (Fsp3) is 0.273. The second-order valence-electron chi connectivity index (χ2n) is 3.63. The molecular formula is C11H9F3N2O2S. The molecule has 1 heterocycles. The number of carbonyl (C=O) groups is 1. The molecule has 1 amide bonds. The number of aliphatic imine (C=N–C) groups is 1. The molecular weight excluding hydrogens is 281 g/mol. The van der Waals surface area contributed by atoms with Gasteiger partial charge in [0.25, 0.3) is 0 Å². The SMILES string of the molecule is O=C(NC1=NC(C(F)(F)F)CS1)Oc1ccccc1. The lowest BCUT2D eigenvalue weighted by Gasteiger charge is -2.09. The van der Waals surface area contributed by atoms with Crippen molar-refractivity contribution < 1.29 is 22.7 Å². The van der Waals surface area contributed by atoms with E-state index in [9.17, 15) is 18.0 Å². The summed E-state index contributed by atoms with van der Waals surface area (Å²) in [6, 6.07) is 6.43.